The van der Waals surface area contributed by atoms with Crippen LogP contribution in [-0.2, 0) is 4.84 Å². The van der Waals surface area contributed by atoms with Gasteiger partial charge in [-0.15, -0.1) is 11.3 Å². The molecule has 0 unspecified atom stereocenters. The van der Waals surface area contributed by atoms with Gasteiger partial charge in [-0.25, -0.2) is 15.0 Å². The fraction of sp³-hybridized carbons (Fsp3) is 0.0588. The third kappa shape index (κ3) is 3.32. The second kappa shape index (κ2) is 6.50. The molecule has 5 nitrogen and oxygen atoms in total. The van der Waals surface area contributed by atoms with Crippen LogP contribution >= 0.6 is 11.3 Å². The van der Waals surface area contributed by atoms with Crippen molar-refractivity contribution in [3.05, 3.63) is 71.9 Å². The molecule has 0 saturated heterocycles. The van der Waals surface area contributed by atoms with Crippen molar-refractivity contribution in [2.75, 3.05) is 0 Å². The van der Waals surface area contributed by atoms with E-state index in [9.17, 15) is 4.79 Å². The zero-order valence-electron chi connectivity index (χ0n) is 12.5. The lowest BCUT2D eigenvalue weighted by molar-refractivity contribution is 0.0326. The largest absolute Gasteiger partial charge is 0.366 e. The summed E-state index contributed by atoms with van der Waals surface area (Å²) in [7, 11) is 0. The maximum atomic E-state index is 12.3. The Labute approximate surface area is 137 Å². The third-order valence-electron chi connectivity index (χ3n) is 3.03. The minimum absolute atomic E-state index is 0.394. The van der Waals surface area contributed by atoms with Crippen LogP contribution in [0.1, 0.15) is 17.3 Å². The zero-order chi connectivity index (χ0) is 16.2. The van der Waals surface area contributed by atoms with Gasteiger partial charge in [0.15, 0.2) is 0 Å². The summed E-state index contributed by atoms with van der Waals surface area (Å²) in [5, 5.41) is 6.49. The molecule has 116 valence electrons. The lowest BCUT2D eigenvalue weighted by Crippen LogP contribution is -2.17. The van der Waals surface area contributed by atoms with Gasteiger partial charge < -0.3 is 4.84 Å². The molecule has 23 heavy (non-hydrogen) atoms. The van der Waals surface area contributed by atoms with Crippen LogP contribution in [0.15, 0.2) is 66.3 Å². The Hall–Kier alpha value is -2.86. The normalized spacial score (nSPS) is 10.3. The van der Waals surface area contributed by atoms with Crippen molar-refractivity contribution in [3.63, 3.8) is 0 Å². The molecule has 0 aliphatic rings. The number of para-hydroxylation sites is 1. The first-order chi connectivity index (χ1) is 11.1. The highest BCUT2D eigenvalue weighted by Crippen LogP contribution is 2.28. The molecule has 1 N–H and O–H groups in total. The number of allylic oxidation sites excluding steroid dienone is 1. The molecule has 3 aromatic rings. The molecule has 0 saturated carbocycles. The first-order valence-electron chi connectivity index (χ1n) is 6.97. The summed E-state index contributed by atoms with van der Waals surface area (Å²) in [6, 6.07) is 13.5. The summed E-state index contributed by atoms with van der Waals surface area (Å²) in [6.45, 7) is 5.35. The highest BCUT2D eigenvalue weighted by Gasteiger charge is 2.21. The topological polar surface area (TPSA) is 56.1 Å². The molecule has 6 heteroatoms. The Kier molecular flexibility index (Phi) is 4.25. The van der Waals surface area contributed by atoms with Crippen LogP contribution < -0.4 is 5.48 Å². The van der Waals surface area contributed by atoms with E-state index in [0.717, 1.165) is 10.6 Å². The number of nitrogens with one attached hydrogen (secondary N) is 1. The van der Waals surface area contributed by atoms with Gasteiger partial charge in [0.05, 0.1) is 10.6 Å². The van der Waals surface area contributed by atoms with E-state index in [0.29, 0.717) is 17.0 Å². The molecule has 0 aliphatic carbocycles. The Bertz CT molecular complexity index is 823. The number of hydroxylamine groups is 1. The number of carbonyl (C=O) groups excluding carboxylic acids is 1. The van der Waals surface area contributed by atoms with E-state index in [1.165, 1.54) is 11.3 Å². The predicted octanol–water partition coefficient (Wildman–Crippen LogP) is 3.80. The van der Waals surface area contributed by atoms with Crippen LogP contribution in [0.5, 0.6) is 0 Å². The molecular weight excluding hydrogens is 310 g/mol. The van der Waals surface area contributed by atoms with Gasteiger partial charge in [0.2, 0.25) is 0 Å². The molecule has 0 spiro atoms. The molecule has 0 radical (unpaired) electrons. The molecular formula is C17H15N3O2S. The first kappa shape index (κ1) is 15.1. The molecule has 0 amide bonds. The number of thiophene rings is 1. The van der Waals surface area contributed by atoms with Crippen LogP contribution in [0.2, 0.25) is 0 Å². The molecule has 0 aliphatic heterocycles. The van der Waals surface area contributed by atoms with Gasteiger partial charge in [-0.3, -0.25) is 0 Å². The quantitative estimate of drug-likeness (QED) is 0.725. The van der Waals surface area contributed by atoms with Crippen molar-refractivity contribution in [1.82, 2.24) is 15.3 Å². The summed E-state index contributed by atoms with van der Waals surface area (Å²) < 4.78 is 1.67. The van der Waals surface area contributed by atoms with E-state index in [2.05, 4.69) is 17.2 Å². The minimum atomic E-state index is -0.501. The van der Waals surface area contributed by atoms with E-state index in [1.54, 1.807) is 17.8 Å². The Balaban J connectivity index is 2.01. The van der Waals surface area contributed by atoms with Crippen molar-refractivity contribution in [2.45, 2.75) is 6.92 Å². The van der Waals surface area contributed by atoms with E-state index in [-0.39, 0.29) is 0 Å². The maximum absolute atomic E-state index is 12.3. The van der Waals surface area contributed by atoms with Gasteiger partial charge in [-0.05, 0) is 30.5 Å². The first-order valence-corrected chi connectivity index (χ1v) is 7.85. The summed E-state index contributed by atoms with van der Waals surface area (Å²) >= 11 is 1.52. The third-order valence-corrected chi connectivity index (χ3v) is 3.90. The van der Waals surface area contributed by atoms with Crippen LogP contribution in [0.4, 0.5) is 0 Å². The predicted molar refractivity (Wildman–Crippen MR) is 90.2 cm³/mol. The number of rotatable bonds is 5. The lowest BCUT2D eigenvalue weighted by Gasteiger charge is -2.04. The minimum Gasteiger partial charge on any atom is -0.338 e. The van der Waals surface area contributed by atoms with E-state index < -0.39 is 5.97 Å². The number of aromatic nitrogens is 2. The fourth-order valence-electron chi connectivity index (χ4n) is 2.02. The molecule has 2 aromatic heterocycles. The Morgan fingerprint density at radius 3 is 2.70 bits per heavy atom. The van der Waals surface area contributed by atoms with Crippen molar-refractivity contribution < 1.29 is 9.63 Å². The van der Waals surface area contributed by atoms with Gasteiger partial charge in [-0.1, -0.05) is 30.8 Å². The average Bonchev–Trinajstić information content (AvgIpc) is 3.22. The summed E-state index contributed by atoms with van der Waals surface area (Å²) in [5.74, 6) is -0.501. The van der Waals surface area contributed by atoms with Crippen molar-refractivity contribution in [3.8, 4) is 16.3 Å². The summed E-state index contributed by atoms with van der Waals surface area (Å²) in [6.07, 6.45) is 1.67. The van der Waals surface area contributed by atoms with Gasteiger partial charge in [0, 0.05) is 11.9 Å². The Morgan fingerprint density at radius 1 is 1.26 bits per heavy atom. The number of nitrogens with zero attached hydrogens (tertiary/aromatic N) is 2. The number of hydrogen-bond donors (Lipinski definition) is 1. The molecule has 0 bridgehead atoms. The highest BCUT2D eigenvalue weighted by molar-refractivity contribution is 7.13. The standard InChI is InChI=1S/C17H15N3O2S/c1-12(2)19-22-17(21)14-11-20(13-7-4-3-5-8-13)18-16(14)15-9-6-10-23-15/h3-11,19H,1H2,2H3. The maximum Gasteiger partial charge on any atom is 0.366 e. The van der Waals surface area contributed by atoms with Crippen molar-refractivity contribution >= 4 is 17.3 Å². The molecule has 1 aromatic carbocycles. The van der Waals surface area contributed by atoms with Gasteiger partial charge in [0.1, 0.15) is 11.3 Å². The monoisotopic (exact) mass is 325 g/mol. The van der Waals surface area contributed by atoms with Crippen LogP contribution in [0.25, 0.3) is 16.3 Å². The van der Waals surface area contributed by atoms with E-state index >= 15 is 0 Å². The smallest absolute Gasteiger partial charge is 0.338 e. The van der Waals surface area contributed by atoms with E-state index in [4.69, 9.17) is 4.84 Å². The number of hydrogen-bond acceptors (Lipinski definition) is 5. The Morgan fingerprint density at radius 2 is 2.04 bits per heavy atom. The molecule has 2 heterocycles. The SMILES string of the molecule is C=C(C)NOC(=O)c1cn(-c2ccccc2)nc1-c1cccs1. The number of benzene rings is 1. The molecule has 0 fully saturated rings. The zero-order valence-corrected chi connectivity index (χ0v) is 13.3. The van der Waals surface area contributed by atoms with Crippen LogP contribution in [-0.4, -0.2) is 15.7 Å². The summed E-state index contributed by atoms with van der Waals surface area (Å²) in [4.78, 5) is 18.3. The fourth-order valence-corrected chi connectivity index (χ4v) is 2.74. The second-order valence-electron chi connectivity index (χ2n) is 4.92. The van der Waals surface area contributed by atoms with Crippen molar-refractivity contribution in [2.24, 2.45) is 0 Å². The van der Waals surface area contributed by atoms with Crippen molar-refractivity contribution in [1.29, 1.82) is 0 Å². The summed E-state index contributed by atoms with van der Waals surface area (Å²) in [5.41, 5.74) is 4.90. The molecule has 0 atom stereocenters. The second-order valence-corrected chi connectivity index (χ2v) is 5.87. The van der Waals surface area contributed by atoms with Gasteiger partial charge in [-0.2, -0.15) is 5.10 Å². The number of carbonyl (C=O) groups is 1. The lowest BCUT2D eigenvalue weighted by atomic mass is 10.2. The van der Waals surface area contributed by atoms with Crippen LogP contribution in [0, 0.1) is 0 Å². The van der Waals surface area contributed by atoms with E-state index in [1.807, 2.05) is 47.8 Å². The highest BCUT2D eigenvalue weighted by atomic mass is 32.1. The molecule has 3 rings (SSSR count). The van der Waals surface area contributed by atoms with Crippen LogP contribution in [0.3, 0.4) is 0 Å². The van der Waals surface area contributed by atoms with Gasteiger partial charge in [0.25, 0.3) is 0 Å². The average molecular weight is 325 g/mol. The van der Waals surface area contributed by atoms with Gasteiger partial charge >= 0.3 is 5.97 Å².